The molecule has 0 saturated heterocycles. The molecule has 1 nitrogen and oxygen atoms in total. The molecule has 0 aromatic heterocycles. The number of rotatable bonds is 9. The van der Waals surface area contributed by atoms with Crippen molar-refractivity contribution in [3.05, 3.63) is 11.6 Å². The van der Waals surface area contributed by atoms with E-state index in [9.17, 15) is 0 Å². The van der Waals surface area contributed by atoms with Crippen LogP contribution < -0.4 is 0 Å². The standard InChI is InChI=1S/C13H26O/c1-3-4-5-6-7-8-9-10-11-13(2)12-14/h11,14H,3-10,12H2,1-2H3/b13-11+. The molecule has 0 rings (SSSR count). The maximum Gasteiger partial charge on any atom is 0.0639 e. The zero-order chi connectivity index (χ0) is 10.6. The summed E-state index contributed by atoms with van der Waals surface area (Å²) in [5.74, 6) is 0. The van der Waals surface area contributed by atoms with E-state index in [4.69, 9.17) is 5.11 Å². The zero-order valence-electron chi connectivity index (χ0n) is 9.89. The van der Waals surface area contributed by atoms with E-state index in [1.807, 2.05) is 6.92 Å². The van der Waals surface area contributed by atoms with E-state index in [2.05, 4.69) is 13.0 Å². The van der Waals surface area contributed by atoms with Gasteiger partial charge in [-0.15, -0.1) is 0 Å². The molecule has 0 aliphatic heterocycles. The minimum Gasteiger partial charge on any atom is -0.392 e. The van der Waals surface area contributed by atoms with Gasteiger partial charge in [-0.25, -0.2) is 0 Å². The fraction of sp³-hybridized carbons (Fsp3) is 0.846. The van der Waals surface area contributed by atoms with Gasteiger partial charge in [0, 0.05) is 0 Å². The molecular weight excluding hydrogens is 172 g/mol. The molecule has 14 heavy (non-hydrogen) atoms. The number of unbranched alkanes of at least 4 members (excludes halogenated alkanes) is 7. The molecule has 0 aromatic rings. The monoisotopic (exact) mass is 198 g/mol. The van der Waals surface area contributed by atoms with Gasteiger partial charge in [0.05, 0.1) is 6.61 Å². The molecule has 0 unspecified atom stereocenters. The Morgan fingerprint density at radius 1 is 1.00 bits per heavy atom. The average Bonchev–Trinajstić information content (AvgIpc) is 2.21. The topological polar surface area (TPSA) is 20.2 Å². The van der Waals surface area contributed by atoms with Gasteiger partial charge >= 0.3 is 0 Å². The Hall–Kier alpha value is -0.300. The maximum atomic E-state index is 8.77. The molecule has 0 radical (unpaired) electrons. The average molecular weight is 198 g/mol. The highest BCUT2D eigenvalue weighted by atomic mass is 16.3. The van der Waals surface area contributed by atoms with Crippen LogP contribution in [0.1, 0.15) is 65.2 Å². The summed E-state index contributed by atoms with van der Waals surface area (Å²) in [6.07, 6.45) is 12.8. The van der Waals surface area contributed by atoms with Crippen LogP contribution in [-0.2, 0) is 0 Å². The van der Waals surface area contributed by atoms with E-state index in [0.717, 1.165) is 12.0 Å². The number of hydrogen-bond acceptors (Lipinski definition) is 1. The molecule has 0 atom stereocenters. The van der Waals surface area contributed by atoms with Crippen molar-refractivity contribution in [2.24, 2.45) is 0 Å². The predicted molar refractivity (Wildman–Crippen MR) is 63.5 cm³/mol. The second-order valence-corrected chi connectivity index (χ2v) is 4.12. The SMILES string of the molecule is CCCCCCCCC/C=C(\C)CO. The first-order valence-corrected chi connectivity index (χ1v) is 6.07. The van der Waals surface area contributed by atoms with Crippen molar-refractivity contribution in [1.82, 2.24) is 0 Å². The van der Waals surface area contributed by atoms with Gasteiger partial charge in [-0.3, -0.25) is 0 Å². The summed E-state index contributed by atoms with van der Waals surface area (Å²) in [5.41, 5.74) is 1.11. The normalized spacial score (nSPS) is 12.1. The van der Waals surface area contributed by atoms with Crippen molar-refractivity contribution < 1.29 is 5.11 Å². The molecule has 0 aliphatic carbocycles. The molecule has 0 bridgehead atoms. The van der Waals surface area contributed by atoms with Crippen LogP contribution in [0.4, 0.5) is 0 Å². The molecule has 0 fully saturated rings. The predicted octanol–water partition coefficient (Wildman–Crippen LogP) is 4.07. The summed E-state index contributed by atoms with van der Waals surface area (Å²) in [4.78, 5) is 0. The van der Waals surface area contributed by atoms with Crippen molar-refractivity contribution >= 4 is 0 Å². The minimum atomic E-state index is 0.219. The van der Waals surface area contributed by atoms with Gasteiger partial charge in [0.1, 0.15) is 0 Å². The molecule has 0 amide bonds. The van der Waals surface area contributed by atoms with Gasteiger partial charge in [0.25, 0.3) is 0 Å². The summed E-state index contributed by atoms with van der Waals surface area (Å²) in [5, 5.41) is 8.77. The Labute approximate surface area is 89.2 Å². The Kier molecular flexibility index (Phi) is 10.5. The van der Waals surface area contributed by atoms with E-state index in [0.29, 0.717) is 0 Å². The van der Waals surface area contributed by atoms with Crippen molar-refractivity contribution in [2.45, 2.75) is 65.2 Å². The van der Waals surface area contributed by atoms with E-state index in [-0.39, 0.29) is 6.61 Å². The fourth-order valence-electron chi connectivity index (χ4n) is 1.51. The lowest BCUT2D eigenvalue weighted by Crippen LogP contribution is -1.84. The third-order valence-corrected chi connectivity index (χ3v) is 2.55. The van der Waals surface area contributed by atoms with Crippen LogP contribution in [0.15, 0.2) is 11.6 Å². The van der Waals surface area contributed by atoms with Crippen LogP contribution in [0, 0.1) is 0 Å². The summed E-state index contributed by atoms with van der Waals surface area (Å²) in [6.45, 7) is 4.46. The van der Waals surface area contributed by atoms with Crippen LogP contribution in [0.2, 0.25) is 0 Å². The van der Waals surface area contributed by atoms with E-state index in [1.165, 1.54) is 44.9 Å². The Morgan fingerprint density at radius 2 is 1.57 bits per heavy atom. The van der Waals surface area contributed by atoms with Gasteiger partial charge < -0.3 is 5.11 Å². The Bertz CT molecular complexity index is 138. The zero-order valence-corrected chi connectivity index (χ0v) is 9.89. The second-order valence-electron chi connectivity index (χ2n) is 4.12. The molecular formula is C13H26O. The number of aliphatic hydroxyl groups is 1. The number of hydrogen-bond donors (Lipinski definition) is 1. The highest BCUT2D eigenvalue weighted by Gasteiger charge is 1.90. The van der Waals surface area contributed by atoms with Crippen molar-refractivity contribution in [2.75, 3.05) is 6.61 Å². The van der Waals surface area contributed by atoms with E-state index in [1.54, 1.807) is 0 Å². The van der Waals surface area contributed by atoms with Crippen molar-refractivity contribution in [1.29, 1.82) is 0 Å². The van der Waals surface area contributed by atoms with E-state index < -0.39 is 0 Å². The number of aliphatic hydroxyl groups excluding tert-OH is 1. The van der Waals surface area contributed by atoms with Crippen LogP contribution in [-0.4, -0.2) is 11.7 Å². The lowest BCUT2D eigenvalue weighted by atomic mass is 10.1. The highest BCUT2D eigenvalue weighted by molar-refractivity contribution is 4.97. The first-order valence-electron chi connectivity index (χ1n) is 6.07. The molecule has 0 aliphatic rings. The second kappa shape index (κ2) is 10.8. The summed E-state index contributed by atoms with van der Waals surface area (Å²) in [7, 11) is 0. The van der Waals surface area contributed by atoms with Crippen LogP contribution in [0.5, 0.6) is 0 Å². The maximum absolute atomic E-state index is 8.77. The molecule has 1 N–H and O–H groups in total. The van der Waals surface area contributed by atoms with Crippen molar-refractivity contribution in [3.8, 4) is 0 Å². The van der Waals surface area contributed by atoms with Crippen LogP contribution >= 0.6 is 0 Å². The fourth-order valence-corrected chi connectivity index (χ4v) is 1.51. The quantitative estimate of drug-likeness (QED) is 0.437. The minimum absolute atomic E-state index is 0.219. The first kappa shape index (κ1) is 13.7. The summed E-state index contributed by atoms with van der Waals surface area (Å²) in [6, 6.07) is 0. The third-order valence-electron chi connectivity index (χ3n) is 2.55. The molecule has 0 aromatic carbocycles. The molecule has 0 heterocycles. The van der Waals surface area contributed by atoms with Gasteiger partial charge in [0.15, 0.2) is 0 Å². The van der Waals surface area contributed by atoms with Gasteiger partial charge in [-0.1, -0.05) is 57.1 Å². The van der Waals surface area contributed by atoms with Gasteiger partial charge in [-0.05, 0) is 19.8 Å². The lowest BCUT2D eigenvalue weighted by molar-refractivity contribution is 0.331. The Balaban J connectivity index is 3.06. The Morgan fingerprint density at radius 3 is 2.14 bits per heavy atom. The van der Waals surface area contributed by atoms with Crippen LogP contribution in [0.25, 0.3) is 0 Å². The highest BCUT2D eigenvalue weighted by Crippen LogP contribution is 2.09. The summed E-state index contributed by atoms with van der Waals surface area (Å²) < 4.78 is 0. The smallest absolute Gasteiger partial charge is 0.0639 e. The first-order chi connectivity index (χ1) is 6.81. The molecule has 0 spiro atoms. The number of allylic oxidation sites excluding steroid dienone is 1. The van der Waals surface area contributed by atoms with Crippen LogP contribution in [0.3, 0.4) is 0 Å². The van der Waals surface area contributed by atoms with Crippen molar-refractivity contribution in [3.63, 3.8) is 0 Å². The van der Waals surface area contributed by atoms with Gasteiger partial charge in [0.2, 0.25) is 0 Å². The third kappa shape index (κ3) is 9.79. The largest absolute Gasteiger partial charge is 0.392 e. The molecule has 1 heteroatoms. The summed E-state index contributed by atoms with van der Waals surface area (Å²) >= 11 is 0. The lowest BCUT2D eigenvalue weighted by Gasteiger charge is -1.99. The van der Waals surface area contributed by atoms with Gasteiger partial charge in [-0.2, -0.15) is 0 Å². The molecule has 84 valence electrons. The van der Waals surface area contributed by atoms with E-state index >= 15 is 0 Å². The molecule has 0 saturated carbocycles.